The standard InChI is InChI=1S/C25H26F2N4O3S/c1-16(8-22(32)23-12-28-15-35-23)17-2-4-19(5-3-17)34-20-6-7-31(13-20)24-29-10-21(11-30-24)33-14-18-9-25(18,26)27/h2-5,10-12,15-16,18,20H,6-9,13-14H2,1H3/t16-,18?,20-/m1/s1. The van der Waals surface area contributed by atoms with E-state index in [9.17, 15) is 13.6 Å². The largest absolute Gasteiger partial charge is 0.490 e. The van der Waals surface area contributed by atoms with Crippen LogP contribution in [0.3, 0.4) is 0 Å². The fraction of sp³-hybridized carbons (Fsp3) is 0.440. The minimum Gasteiger partial charge on any atom is -0.490 e. The van der Waals surface area contributed by atoms with Crippen LogP contribution in [0.25, 0.3) is 0 Å². The summed E-state index contributed by atoms with van der Waals surface area (Å²) in [5.74, 6) is -1.35. The summed E-state index contributed by atoms with van der Waals surface area (Å²) >= 11 is 1.37. The predicted molar refractivity (Wildman–Crippen MR) is 128 cm³/mol. The van der Waals surface area contributed by atoms with Crippen LogP contribution in [-0.2, 0) is 0 Å². The maximum atomic E-state index is 13.0. The van der Waals surface area contributed by atoms with E-state index in [4.69, 9.17) is 9.47 Å². The third-order valence-corrected chi connectivity index (χ3v) is 7.21. The SMILES string of the molecule is C[C@H](CC(=O)c1cncs1)c1ccc(O[C@@H]2CCN(c3ncc(OCC4CC4(F)F)cn3)C2)cc1. The zero-order valence-electron chi connectivity index (χ0n) is 19.3. The highest BCUT2D eigenvalue weighted by molar-refractivity contribution is 7.11. The summed E-state index contributed by atoms with van der Waals surface area (Å²) in [5, 5.41) is 0. The summed E-state index contributed by atoms with van der Waals surface area (Å²) < 4.78 is 37.5. The van der Waals surface area contributed by atoms with Gasteiger partial charge in [0, 0.05) is 32.0 Å². The van der Waals surface area contributed by atoms with Gasteiger partial charge in [-0.05, 0) is 23.6 Å². The number of hydrogen-bond acceptors (Lipinski definition) is 8. The molecule has 0 bridgehead atoms. The van der Waals surface area contributed by atoms with Gasteiger partial charge in [0.15, 0.2) is 11.5 Å². The Morgan fingerprint density at radius 2 is 1.94 bits per heavy atom. The monoisotopic (exact) mass is 500 g/mol. The summed E-state index contributed by atoms with van der Waals surface area (Å²) in [6, 6.07) is 7.90. The first-order valence-electron chi connectivity index (χ1n) is 11.6. The Morgan fingerprint density at radius 3 is 2.60 bits per heavy atom. The van der Waals surface area contributed by atoms with E-state index in [-0.39, 0.29) is 30.8 Å². The zero-order chi connectivity index (χ0) is 24.4. The lowest BCUT2D eigenvalue weighted by Crippen LogP contribution is -2.26. The van der Waals surface area contributed by atoms with Gasteiger partial charge in [-0.15, -0.1) is 11.3 Å². The molecule has 1 saturated carbocycles. The number of carbonyl (C=O) groups is 1. The number of Topliss-reactive ketones (excluding diaryl/α,β-unsaturated/α-hetero) is 1. The molecule has 0 N–H and O–H groups in total. The maximum Gasteiger partial charge on any atom is 0.255 e. The second kappa shape index (κ2) is 9.85. The molecule has 1 aliphatic heterocycles. The molecular weight excluding hydrogens is 474 g/mol. The second-order valence-electron chi connectivity index (χ2n) is 9.13. The minimum absolute atomic E-state index is 0.00260. The van der Waals surface area contributed by atoms with Crippen molar-refractivity contribution in [3.63, 3.8) is 0 Å². The zero-order valence-corrected chi connectivity index (χ0v) is 20.1. The second-order valence-corrected chi connectivity index (χ2v) is 10.0. The third-order valence-electron chi connectivity index (χ3n) is 6.40. The van der Waals surface area contributed by atoms with Crippen LogP contribution in [0.4, 0.5) is 14.7 Å². The highest BCUT2D eigenvalue weighted by Crippen LogP contribution is 2.48. The molecule has 184 valence electrons. The Balaban J connectivity index is 1.09. The Labute approximate surface area is 206 Å². The molecule has 35 heavy (non-hydrogen) atoms. The smallest absolute Gasteiger partial charge is 0.255 e. The number of halogens is 2. The Morgan fingerprint density at radius 1 is 1.20 bits per heavy atom. The van der Waals surface area contributed by atoms with Gasteiger partial charge in [-0.2, -0.15) is 0 Å². The molecule has 5 rings (SSSR count). The van der Waals surface area contributed by atoms with Crippen molar-refractivity contribution in [3.05, 3.63) is 58.8 Å². The van der Waals surface area contributed by atoms with Crippen LogP contribution in [-0.4, -0.2) is 52.5 Å². The number of ether oxygens (including phenoxy) is 2. The van der Waals surface area contributed by atoms with E-state index in [1.165, 1.54) is 23.7 Å². The number of thiazole rings is 1. The summed E-state index contributed by atoms with van der Waals surface area (Å²) in [6.07, 6.45) is 5.83. The molecule has 3 aromatic rings. The molecule has 3 atom stereocenters. The molecule has 1 saturated heterocycles. The quantitative estimate of drug-likeness (QED) is 0.363. The highest BCUT2D eigenvalue weighted by Gasteiger charge is 2.57. The molecule has 10 heteroatoms. The van der Waals surface area contributed by atoms with E-state index in [2.05, 4.69) is 15.0 Å². The summed E-state index contributed by atoms with van der Waals surface area (Å²) in [6.45, 7) is 3.43. The number of nitrogens with zero attached hydrogens (tertiary/aromatic N) is 4. The van der Waals surface area contributed by atoms with E-state index in [1.54, 1.807) is 11.7 Å². The summed E-state index contributed by atoms with van der Waals surface area (Å²) in [4.78, 5) is 27.7. The molecule has 7 nitrogen and oxygen atoms in total. The predicted octanol–water partition coefficient (Wildman–Crippen LogP) is 5.00. The maximum absolute atomic E-state index is 13.0. The topological polar surface area (TPSA) is 77.4 Å². The number of carbonyl (C=O) groups excluding carboxylic acids is 1. The summed E-state index contributed by atoms with van der Waals surface area (Å²) in [5.41, 5.74) is 2.76. The molecule has 0 radical (unpaired) electrons. The number of alkyl halides is 2. The van der Waals surface area contributed by atoms with Crippen LogP contribution in [0.1, 0.15) is 47.3 Å². The van der Waals surface area contributed by atoms with Crippen molar-refractivity contribution in [1.29, 1.82) is 0 Å². The number of ketones is 1. The average molecular weight is 501 g/mol. The lowest BCUT2D eigenvalue weighted by atomic mass is 9.95. The lowest BCUT2D eigenvalue weighted by Gasteiger charge is -2.18. The summed E-state index contributed by atoms with van der Waals surface area (Å²) in [7, 11) is 0. The van der Waals surface area contributed by atoms with Crippen LogP contribution < -0.4 is 14.4 Å². The van der Waals surface area contributed by atoms with E-state index in [0.29, 0.717) is 29.5 Å². The van der Waals surface area contributed by atoms with Gasteiger partial charge in [-0.1, -0.05) is 19.1 Å². The van der Waals surface area contributed by atoms with Crippen LogP contribution in [0.5, 0.6) is 11.5 Å². The number of hydrogen-bond donors (Lipinski definition) is 0. The van der Waals surface area contributed by atoms with Gasteiger partial charge in [0.05, 0.1) is 41.9 Å². The Bertz CT molecular complexity index is 1140. The van der Waals surface area contributed by atoms with Crippen molar-refractivity contribution in [2.45, 2.75) is 44.1 Å². The molecule has 0 amide bonds. The van der Waals surface area contributed by atoms with Gasteiger partial charge in [0.2, 0.25) is 5.95 Å². The van der Waals surface area contributed by atoms with E-state index < -0.39 is 11.8 Å². The van der Waals surface area contributed by atoms with Crippen molar-refractivity contribution in [1.82, 2.24) is 15.0 Å². The molecule has 0 spiro atoms. The number of anilines is 1. The van der Waals surface area contributed by atoms with E-state index in [1.807, 2.05) is 36.1 Å². The van der Waals surface area contributed by atoms with Gasteiger partial charge in [0.1, 0.15) is 11.9 Å². The number of benzene rings is 1. The van der Waals surface area contributed by atoms with Gasteiger partial charge >= 0.3 is 0 Å². The molecule has 1 aromatic carbocycles. The van der Waals surface area contributed by atoms with Gasteiger partial charge in [0.25, 0.3) is 5.92 Å². The van der Waals surface area contributed by atoms with Crippen LogP contribution in [0.15, 0.2) is 48.4 Å². The number of aromatic nitrogens is 3. The molecule has 2 fully saturated rings. The van der Waals surface area contributed by atoms with Crippen molar-refractivity contribution in [2.75, 3.05) is 24.6 Å². The molecular formula is C25H26F2N4O3S. The van der Waals surface area contributed by atoms with Crippen LogP contribution >= 0.6 is 11.3 Å². The first-order chi connectivity index (χ1) is 16.9. The lowest BCUT2D eigenvalue weighted by molar-refractivity contribution is 0.0854. The van der Waals surface area contributed by atoms with Crippen molar-refractivity contribution in [2.24, 2.45) is 5.92 Å². The van der Waals surface area contributed by atoms with E-state index in [0.717, 1.165) is 24.3 Å². The molecule has 2 aromatic heterocycles. The minimum atomic E-state index is -2.59. The van der Waals surface area contributed by atoms with Crippen molar-refractivity contribution < 1.29 is 23.0 Å². The fourth-order valence-corrected chi connectivity index (χ4v) is 4.69. The highest BCUT2D eigenvalue weighted by atomic mass is 32.1. The Hall–Kier alpha value is -3.14. The van der Waals surface area contributed by atoms with Crippen molar-refractivity contribution in [3.8, 4) is 11.5 Å². The van der Waals surface area contributed by atoms with Crippen LogP contribution in [0, 0.1) is 5.92 Å². The van der Waals surface area contributed by atoms with Gasteiger partial charge in [-0.25, -0.2) is 18.7 Å². The molecule has 1 aliphatic carbocycles. The number of rotatable bonds is 10. The van der Waals surface area contributed by atoms with Gasteiger partial charge in [-0.3, -0.25) is 9.78 Å². The third kappa shape index (κ3) is 5.75. The van der Waals surface area contributed by atoms with E-state index >= 15 is 0 Å². The first-order valence-corrected chi connectivity index (χ1v) is 12.5. The molecule has 2 aliphatic rings. The first kappa shape index (κ1) is 23.6. The average Bonchev–Trinajstić information content (AvgIpc) is 3.29. The Kier molecular flexibility index (Phi) is 6.64. The molecule has 1 unspecified atom stereocenters. The fourth-order valence-electron chi connectivity index (χ4n) is 4.12. The molecule has 3 heterocycles. The van der Waals surface area contributed by atoms with Gasteiger partial charge < -0.3 is 14.4 Å². The van der Waals surface area contributed by atoms with Crippen molar-refractivity contribution >= 4 is 23.1 Å². The normalized spacial score (nSPS) is 21.5. The van der Waals surface area contributed by atoms with Crippen LogP contribution in [0.2, 0.25) is 0 Å².